The molecule has 0 bridgehead atoms. The summed E-state index contributed by atoms with van der Waals surface area (Å²) < 4.78 is 27.1. The van der Waals surface area contributed by atoms with E-state index in [2.05, 4.69) is 439 Å². The van der Waals surface area contributed by atoms with E-state index in [-0.39, 0.29) is 21.7 Å². The van der Waals surface area contributed by atoms with Crippen molar-refractivity contribution in [3.63, 3.8) is 0 Å². The Morgan fingerprint density at radius 3 is 0.823 bits per heavy atom. The van der Waals surface area contributed by atoms with E-state index >= 15 is 0 Å². The summed E-state index contributed by atoms with van der Waals surface area (Å²) in [4.78, 5) is 9.49. The summed E-state index contributed by atoms with van der Waals surface area (Å²) in [5, 5.41) is 4.43. The van der Waals surface area contributed by atoms with Gasteiger partial charge in [0.05, 0.1) is 11.4 Å². The largest absolute Gasteiger partial charge is 0.456 e. The third kappa shape index (κ3) is 11.5. The molecule has 0 N–H and O–H groups in total. The standard InChI is InChI=1S/2C58H44N2O2/c1-57(2)48-35-41(59(38-20-10-6-11-21-38)39-22-12-7-13-23-39)28-31-45(48)55-53(57)54-56(62-55)46-32-29-42(36-49(46)58(54,3)4)60(50-26-16-14-24-43(50)37-18-8-5-9-19-37)40-30-33-52-47(34-40)44-25-15-17-27-51(44)61-52;1-57(2)48-34-40(59(38-20-10-6-11-21-38)39-22-12-7-13-23-39)29-32-46(48)55-53(57)54-56(62-55)47-33-30-41(35-49(47)58(54,3)4)60(50-26-16-14-24-43(50)37-18-8-5-9-19-37)42-28-31-45-44-25-15-17-27-51(44)61-52(45)36-42/h2*5-36H,1-4H3. The molecular formula is C116H88N4O4. The van der Waals surface area contributed by atoms with E-state index in [1.165, 1.54) is 61.2 Å². The third-order valence-electron chi connectivity index (χ3n) is 26.8. The van der Waals surface area contributed by atoms with Crippen LogP contribution >= 0.6 is 0 Å². The van der Waals surface area contributed by atoms with Crippen molar-refractivity contribution >= 4 is 112 Å². The molecule has 4 heterocycles. The van der Waals surface area contributed by atoms with Crippen molar-refractivity contribution in [2.45, 2.75) is 77.0 Å². The van der Waals surface area contributed by atoms with Gasteiger partial charge in [0.2, 0.25) is 0 Å². The zero-order valence-corrected chi connectivity index (χ0v) is 70.4. The molecule has 4 aliphatic carbocycles. The molecule has 596 valence electrons. The van der Waals surface area contributed by atoms with Crippen molar-refractivity contribution in [1.82, 2.24) is 0 Å². The summed E-state index contributed by atoms with van der Waals surface area (Å²) in [6.07, 6.45) is 0. The summed E-state index contributed by atoms with van der Waals surface area (Å²) in [5.41, 5.74) is 34.9. The van der Waals surface area contributed by atoms with E-state index in [4.69, 9.17) is 17.7 Å². The van der Waals surface area contributed by atoms with Gasteiger partial charge in [-0.05, 0) is 209 Å². The van der Waals surface area contributed by atoms with E-state index in [0.29, 0.717) is 0 Å². The molecule has 0 spiro atoms. The monoisotopic (exact) mass is 1600 g/mol. The number of fused-ring (bicyclic) bond motifs is 20. The molecule has 4 aliphatic rings. The molecule has 20 aromatic rings. The average Bonchev–Trinajstić information content (AvgIpc) is 1.52. The van der Waals surface area contributed by atoms with Gasteiger partial charge in [0.1, 0.15) is 45.4 Å². The maximum atomic E-state index is 7.15. The minimum absolute atomic E-state index is 0.303. The second kappa shape index (κ2) is 28.2. The van der Waals surface area contributed by atoms with Gasteiger partial charge >= 0.3 is 0 Å². The maximum absolute atomic E-state index is 7.15. The van der Waals surface area contributed by atoms with Gasteiger partial charge in [-0.1, -0.05) is 262 Å². The highest BCUT2D eigenvalue weighted by atomic mass is 16.4. The number of furan rings is 4. The molecule has 16 aromatic carbocycles. The molecule has 0 fully saturated rings. The van der Waals surface area contributed by atoms with Crippen molar-refractivity contribution in [3.05, 3.63) is 433 Å². The Labute approximate surface area is 722 Å². The highest BCUT2D eigenvalue weighted by Gasteiger charge is 2.52. The second-order valence-electron chi connectivity index (χ2n) is 35.4. The van der Waals surface area contributed by atoms with Crippen molar-refractivity contribution < 1.29 is 17.7 Å². The SMILES string of the molecule is CC1(C)c2cc(N(c3ccccc3)c3ccccc3)ccc2-c2oc3c(c21)C(C)(C)c1cc(N(c2ccc4c(c2)oc2ccccc24)c2ccccc2-c2ccccc2)ccc1-3.CC1(C)c2cc(N(c3ccccc3)c3ccccc3)ccc2-c2oc3c(c21)C(C)(C)c1cc(N(c2ccc4oc5ccccc5c4c2)c2ccccc2-c2ccccc2)ccc1-3. The molecule has 0 saturated heterocycles. The van der Waals surface area contributed by atoms with E-state index in [0.717, 1.165) is 163 Å². The molecular weight excluding hydrogens is 1510 g/mol. The van der Waals surface area contributed by atoms with Crippen LogP contribution in [0.2, 0.25) is 0 Å². The first-order valence-electron chi connectivity index (χ1n) is 43.0. The minimum Gasteiger partial charge on any atom is -0.456 e. The molecule has 0 saturated carbocycles. The summed E-state index contributed by atoms with van der Waals surface area (Å²) in [5.74, 6) is 3.96. The number of anilines is 12. The van der Waals surface area contributed by atoms with Gasteiger partial charge in [0, 0.05) is 162 Å². The molecule has 124 heavy (non-hydrogen) atoms. The number of benzene rings is 16. The number of hydrogen-bond acceptors (Lipinski definition) is 8. The van der Waals surface area contributed by atoms with Crippen LogP contribution in [0.3, 0.4) is 0 Å². The lowest BCUT2D eigenvalue weighted by atomic mass is 9.74. The fourth-order valence-corrected chi connectivity index (χ4v) is 20.9. The lowest BCUT2D eigenvalue weighted by Gasteiger charge is -2.31. The Morgan fingerprint density at radius 1 is 0.177 bits per heavy atom. The molecule has 4 aromatic heterocycles. The van der Waals surface area contributed by atoms with Crippen LogP contribution in [-0.4, -0.2) is 0 Å². The summed E-state index contributed by atoms with van der Waals surface area (Å²) >= 11 is 0. The van der Waals surface area contributed by atoms with Gasteiger partial charge in [-0.15, -0.1) is 0 Å². The molecule has 0 atom stereocenters. The first-order valence-corrected chi connectivity index (χ1v) is 43.0. The van der Waals surface area contributed by atoms with E-state index in [9.17, 15) is 0 Å². The van der Waals surface area contributed by atoms with Crippen molar-refractivity contribution in [2.75, 3.05) is 19.6 Å². The van der Waals surface area contributed by atoms with Crippen LogP contribution in [0.1, 0.15) is 99.9 Å². The van der Waals surface area contributed by atoms with Gasteiger partial charge in [0.15, 0.2) is 0 Å². The summed E-state index contributed by atoms with van der Waals surface area (Å²) in [7, 11) is 0. The Bertz CT molecular complexity index is 7540. The molecule has 24 rings (SSSR count). The van der Waals surface area contributed by atoms with E-state index in [1.807, 2.05) is 24.3 Å². The first kappa shape index (κ1) is 74.0. The van der Waals surface area contributed by atoms with Crippen LogP contribution in [0, 0.1) is 0 Å². The Morgan fingerprint density at radius 2 is 0.444 bits per heavy atom. The third-order valence-corrected chi connectivity index (χ3v) is 26.8. The molecule has 8 heteroatoms. The van der Waals surface area contributed by atoms with Crippen LogP contribution < -0.4 is 19.6 Å². The number of rotatable bonds is 14. The quantitative estimate of drug-likeness (QED) is 0.107. The van der Waals surface area contributed by atoms with Crippen molar-refractivity contribution in [1.29, 1.82) is 0 Å². The highest BCUT2D eigenvalue weighted by Crippen LogP contribution is 2.65. The lowest BCUT2D eigenvalue weighted by Crippen LogP contribution is -2.23. The van der Waals surface area contributed by atoms with Gasteiger partial charge in [-0.2, -0.15) is 0 Å². The van der Waals surface area contributed by atoms with Crippen LogP contribution in [0.25, 0.3) is 111 Å². The Kier molecular flexibility index (Phi) is 16.9. The number of hydrogen-bond donors (Lipinski definition) is 0. The van der Waals surface area contributed by atoms with Crippen LogP contribution in [0.15, 0.2) is 406 Å². The molecule has 8 nitrogen and oxygen atoms in total. The fraction of sp³-hybridized carbons (Fsp3) is 0.103. The van der Waals surface area contributed by atoms with Gasteiger partial charge in [-0.3, -0.25) is 0 Å². The fourth-order valence-electron chi connectivity index (χ4n) is 20.9. The van der Waals surface area contributed by atoms with Gasteiger partial charge in [0.25, 0.3) is 0 Å². The molecule has 0 amide bonds. The smallest absolute Gasteiger partial charge is 0.139 e. The van der Waals surface area contributed by atoms with Crippen LogP contribution in [0.4, 0.5) is 68.2 Å². The van der Waals surface area contributed by atoms with Crippen molar-refractivity contribution in [3.8, 4) is 67.5 Å². The summed E-state index contributed by atoms with van der Waals surface area (Å²) in [6.45, 7) is 19.0. The minimum atomic E-state index is -0.340. The first-order chi connectivity index (χ1) is 60.5. The zero-order valence-electron chi connectivity index (χ0n) is 70.4. The average molecular weight is 1600 g/mol. The number of nitrogens with zero attached hydrogens (tertiary/aromatic N) is 4. The van der Waals surface area contributed by atoms with E-state index in [1.54, 1.807) is 0 Å². The predicted octanol–water partition coefficient (Wildman–Crippen LogP) is 32.8. The van der Waals surface area contributed by atoms with Gasteiger partial charge in [-0.25, -0.2) is 0 Å². The predicted molar refractivity (Wildman–Crippen MR) is 512 cm³/mol. The van der Waals surface area contributed by atoms with Crippen LogP contribution in [0.5, 0.6) is 0 Å². The zero-order chi connectivity index (χ0) is 83.5. The second-order valence-corrected chi connectivity index (χ2v) is 35.4. The Hall–Kier alpha value is -15.1. The Balaban J connectivity index is 0.000000143. The molecule has 0 radical (unpaired) electrons. The topological polar surface area (TPSA) is 65.5 Å². The number of para-hydroxylation sites is 8. The normalized spacial score (nSPS) is 14.1. The lowest BCUT2D eigenvalue weighted by molar-refractivity contribution is 0.592. The van der Waals surface area contributed by atoms with E-state index < -0.39 is 0 Å². The molecule has 0 unspecified atom stereocenters. The highest BCUT2D eigenvalue weighted by molar-refractivity contribution is 6.09. The van der Waals surface area contributed by atoms with Crippen molar-refractivity contribution in [2.24, 2.45) is 0 Å². The maximum Gasteiger partial charge on any atom is 0.139 e. The van der Waals surface area contributed by atoms with Gasteiger partial charge < -0.3 is 37.3 Å². The van der Waals surface area contributed by atoms with Crippen LogP contribution in [-0.2, 0) is 21.7 Å². The summed E-state index contributed by atoms with van der Waals surface area (Å²) in [6, 6.07) is 139. The molecule has 0 aliphatic heterocycles.